The highest BCUT2D eigenvalue weighted by Gasteiger charge is 2.72. The summed E-state index contributed by atoms with van der Waals surface area (Å²) in [4.78, 5) is 27.9. The highest BCUT2D eigenvalue weighted by molar-refractivity contribution is 7.48. The SMILES string of the molecule is CCOP(=O)(OCC)OC[C@]12CCC(C)(C)CC1C1C(=O)C[C@@H]3C4(C)C=C(N)C(=O)C(C)(C)[C@@H]4CCC3(C)[C@]1(C)CC2. The normalized spacial score (nSPS) is 44.4. The average molecular weight is 606 g/mol. The van der Waals surface area contributed by atoms with Gasteiger partial charge in [-0.15, -0.1) is 0 Å². The summed E-state index contributed by atoms with van der Waals surface area (Å²) in [5, 5.41) is 0. The minimum Gasteiger partial charge on any atom is -0.396 e. The van der Waals surface area contributed by atoms with Gasteiger partial charge in [0.2, 0.25) is 0 Å². The molecule has 238 valence electrons. The van der Waals surface area contributed by atoms with Crippen LogP contribution in [0.3, 0.4) is 0 Å². The fraction of sp³-hybridized carbons (Fsp3) is 0.882. The molecule has 0 aromatic heterocycles. The number of Topliss-reactive ketones (excluding diaryl/α,β-unsaturated/α-hetero) is 2. The van der Waals surface area contributed by atoms with E-state index < -0.39 is 13.2 Å². The maximum Gasteiger partial charge on any atom is 0.474 e. The number of hydrogen-bond acceptors (Lipinski definition) is 7. The van der Waals surface area contributed by atoms with Gasteiger partial charge in [0.1, 0.15) is 5.78 Å². The van der Waals surface area contributed by atoms with Gasteiger partial charge in [-0.1, -0.05) is 54.5 Å². The fourth-order valence-electron chi connectivity index (χ4n) is 11.3. The van der Waals surface area contributed by atoms with Crippen LogP contribution in [0.1, 0.15) is 114 Å². The van der Waals surface area contributed by atoms with E-state index in [1.807, 2.05) is 6.08 Å². The van der Waals surface area contributed by atoms with Gasteiger partial charge in [-0.3, -0.25) is 23.2 Å². The van der Waals surface area contributed by atoms with E-state index in [1.165, 1.54) is 0 Å². The lowest BCUT2D eigenvalue weighted by Crippen LogP contribution is -2.69. The molecule has 8 heteroatoms. The van der Waals surface area contributed by atoms with Crippen LogP contribution in [-0.4, -0.2) is 31.4 Å². The summed E-state index contributed by atoms with van der Waals surface area (Å²) in [6.07, 6.45) is 9.32. The van der Waals surface area contributed by atoms with Crippen LogP contribution in [-0.2, 0) is 27.7 Å². The molecule has 0 saturated heterocycles. The zero-order chi connectivity index (χ0) is 31.1. The first-order valence-electron chi connectivity index (χ1n) is 16.4. The number of rotatable bonds is 7. The first-order valence-corrected chi connectivity index (χ1v) is 17.9. The third-order valence-corrected chi connectivity index (χ3v) is 15.2. The van der Waals surface area contributed by atoms with Crippen molar-refractivity contribution in [2.24, 2.45) is 61.9 Å². The maximum atomic E-state index is 14.7. The Labute approximate surface area is 254 Å². The van der Waals surface area contributed by atoms with Gasteiger partial charge in [0.05, 0.1) is 25.5 Å². The zero-order valence-electron chi connectivity index (χ0n) is 27.6. The number of nitrogens with two attached hydrogens (primary N) is 1. The van der Waals surface area contributed by atoms with Crippen molar-refractivity contribution in [2.75, 3.05) is 19.8 Å². The van der Waals surface area contributed by atoms with Crippen LogP contribution in [0.15, 0.2) is 11.8 Å². The zero-order valence-corrected chi connectivity index (χ0v) is 28.5. The summed E-state index contributed by atoms with van der Waals surface area (Å²) in [5.41, 5.74) is 5.53. The lowest BCUT2D eigenvalue weighted by Gasteiger charge is -2.72. The predicted octanol–water partition coefficient (Wildman–Crippen LogP) is 7.88. The largest absolute Gasteiger partial charge is 0.474 e. The molecule has 4 unspecified atom stereocenters. The van der Waals surface area contributed by atoms with E-state index in [0.29, 0.717) is 24.5 Å². The maximum absolute atomic E-state index is 14.7. The third kappa shape index (κ3) is 4.57. The minimum absolute atomic E-state index is 0.0445. The molecule has 0 amide bonds. The van der Waals surface area contributed by atoms with Gasteiger partial charge in [0.25, 0.3) is 0 Å². The Hall–Kier alpha value is -1.01. The molecule has 0 aromatic rings. The van der Waals surface area contributed by atoms with Crippen molar-refractivity contribution in [1.82, 2.24) is 0 Å². The number of carbonyl (C=O) groups excluding carboxylic acids is 2. The van der Waals surface area contributed by atoms with E-state index in [2.05, 4.69) is 48.5 Å². The molecule has 5 rings (SSSR count). The molecule has 4 saturated carbocycles. The third-order valence-electron chi connectivity index (χ3n) is 13.6. The number of ketones is 2. The molecule has 2 N–H and O–H groups in total. The van der Waals surface area contributed by atoms with Crippen molar-refractivity contribution >= 4 is 19.4 Å². The summed E-state index contributed by atoms with van der Waals surface area (Å²) in [7, 11) is -3.67. The molecule has 0 aliphatic heterocycles. The van der Waals surface area contributed by atoms with Crippen LogP contribution in [0.2, 0.25) is 0 Å². The topological polar surface area (TPSA) is 105 Å². The molecule has 0 spiro atoms. The Bertz CT molecular complexity index is 1200. The monoisotopic (exact) mass is 605 g/mol. The van der Waals surface area contributed by atoms with E-state index >= 15 is 0 Å². The van der Waals surface area contributed by atoms with E-state index in [1.54, 1.807) is 13.8 Å². The van der Waals surface area contributed by atoms with Crippen LogP contribution in [0, 0.1) is 56.2 Å². The molecular formula is C34H56NO6P. The van der Waals surface area contributed by atoms with Crippen molar-refractivity contribution in [3.8, 4) is 0 Å². The number of carbonyl (C=O) groups is 2. The Balaban J connectivity index is 1.55. The van der Waals surface area contributed by atoms with Gasteiger partial charge in [-0.2, -0.15) is 0 Å². The van der Waals surface area contributed by atoms with Crippen LogP contribution < -0.4 is 5.73 Å². The van der Waals surface area contributed by atoms with E-state index in [9.17, 15) is 14.2 Å². The average Bonchev–Trinajstić information content (AvgIpc) is 2.88. The summed E-state index contributed by atoms with van der Waals surface area (Å²) in [5.74, 6) is 0.731. The van der Waals surface area contributed by atoms with Gasteiger partial charge in [0, 0.05) is 17.8 Å². The second-order valence-electron chi connectivity index (χ2n) is 16.5. The highest BCUT2D eigenvalue weighted by atomic mass is 31.2. The van der Waals surface area contributed by atoms with Crippen molar-refractivity contribution in [3.05, 3.63) is 11.8 Å². The molecule has 4 fully saturated rings. The van der Waals surface area contributed by atoms with Gasteiger partial charge in [-0.25, -0.2) is 4.57 Å². The van der Waals surface area contributed by atoms with Gasteiger partial charge >= 0.3 is 7.82 Å². The first-order chi connectivity index (χ1) is 19.3. The molecule has 0 aromatic carbocycles. The van der Waals surface area contributed by atoms with Gasteiger partial charge in [0.15, 0.2) is 5.78 Å². The molecule has 0 bridgehead atoms. The predicted molar refractivity (Wildman–Crippen MR) is 164 cm³/mol. The second kappa shape index (κ2) is 10.3. The van der Waals surface area contributed by atoms with Crippen molar-refractivity contribution in [2.45, 2.75) is 114 Å². The van der Waals surface area contributed by atoms with E-state index in [4.69, 9.17) is 19.3 Å². The Morgan fingerprint density at radius 3 is 2.10 bits per heavy atom. The molecule has 8 atom stereocenters. The number of phosphoric acid groups is 1. The standard InChI is InChI=1S/C34H56NO6P/c1-10-39-42(38,40-11-2)41-21-34-16-14-29(3,4)19-22(34)27-24(36)18-26-31(7)20-23(35)28(37)30(5,6)25(31)12-13-32(26,8)33(27,9)15-17-34/h20,22,25-27H,10-19,21,35H2,1-9H3/t22?,25-,26+,27?,31?,32?,33+,34+/m0/s1. The van der Waals surface area contributed by atoms with Gasteiger partial charge < -0.3 is 5.73 Å². The number of hydrogen-bond donors (Lipinski definition) is 1. The molecule has 42 heavy (non-hydrogen) atoms. The lowest BCUT2D eigenvalue weighted by molar-refractivity contribution is -0.226. The first kappa shape index (κ1) is 32.4. The quantitative estimate of drug-likeness (QED) is 0.294. The molecule has 0 heterocycles. The van der Waals surface area contributed by atoms with Crippen LogP contribution in [0.4, 0.5) is 0 Å². The number of fused-ring (bicyclic) bond motifs is 7. The van der Waals surface area contributed by atoms with E-state index in [0.717, 1.165) is 44.9 Å². The van der Waals surface area contributed by atoms with E-state index in [-0.39, 0.29) is 69.7 Å². The van der Waals surface area contributed by atoms with Crippen molar-refractivity contribution in [3.63, 3.8) is 0 Å². The molecular weight excluding hydrogens is 549 g/mol. The highest BCUT2D eigenvalue weighted by Crippen LogP contribution is 2.76. The smallest absolute Gasteiger partial charge is 0.396 e. The summed E-state index contributed by atoms with van der Waals surface area (Å²) < 4.78 is 30.6. The summed E-state index contributed by atoms with van der Waals surface area (Å²) in [6, 6.07) is 0. The molecule has 5 aliphatic carbocycles. The second-order valence-corrected chi connectivity index (χ2v) is 18.2. The molecule has 0 radical (unpaired) electrons. The molecule has 5 aliphatic rings. The van der Waals surface area contributed by atoms with Crippen molar-refractivity contribution < 1.29 is 27.7 Å². The van der Waals surface area contributed by atoms with Crippen LogP contribution in [0.5, 0.6) is 0 Å². The number of allylic oxidation sites excluding steroid dienone is 2. The van der Waals surface area contributed by atoms with Crippen LogP contribution in [0.25, 0.3) is 0 Å². The Morgan fingerprint density at radius 1 is 0.857 bits per heavy atom. The van der Waals surface area contributed by atoms with Gasteiger partial charge in [-0.05, 0) is 104 Å². The van der Waals surface area contributed by atoms with Crippen LogP contribution >= 0.6 is 7.82 Å². The Morgan fingerprint density at radius 2 is 1.48 bits per heavy atom. The molecule has 7 nitrogen and oxygen atoms in total. The minimum atomic E-state index is -3.67. The number of phosphoric ester groups is 1. The Kier molecular flexibility index (Phi) is 7.91. The fourth-order valence-corrected chi connectivity index (χ4v) is 12.5. The lowest BCUT2D eigenvalue weighted by atomic mass is 9.32. The summed E-state index contributed by atoms with van der Waals surface area (Å²) in [6.45, 7) is 20.3. The van der Waals surface area contributed by atoms with Crippen molar-refractivity contribution in [1.29, 1.82) is 0 Å². The summed E-state index contributed by atoms with van der Waals surface area (Å²) >= 11 is 0.